The summed E-state index contributed by atoms with van der Waals surface area (Å²) >= 11 is 0. The minimum absolute atomic E-state index is 0.327. The Hall–Kier alpha value is -1.95. The van der Waals surface area contributed by atoms with Crippen LogP contribution in [-0.2, 0) is 4.79 Å². The van der Waals surface area contributed by atoms with Gasteiger partial charge in [-0.1, -0.05) is 18.6 Å². The van der Waals surface area contributed by atoms with E-state index in [1.807, 2.05) is 6.11 Å². The van der Waals surface area contributed by atoms with Crippen molar-refractivity contribution < 1.29 is 14.3 Å². The number of benzene rings is 1. The van der Waals surface area contributed by atoms with Gasteiger partial charge in [-0.15, -0.1) is 0 Å². The van der Waals surface area contributed by atoms with E-state index in [4.69, 9.17) is 15.9 Å². The zero-order chi connectivity index (χ0) is 9.68. The predicted molar refractivity (Wildman–Crippen MR) is 47.2 cm³/mol. The number of terminal acetylenes is 1. The molecule has 0 amide bonds. The maximum Gasteiger partial charge on any atom is 0.308 e. The van der Waals surface area contributed by atoms with Gasteiger partial charge in [0.15, 0.2) is 11.5 Å². The number of carbonyl (C=O) groups excluding carboxylic acids is 1. The standard InChI is InChI=1S/C10H8O3/c1-3-12-9-6-4-5-7-10(9)13-8(2)11/h1,4-7H,2H3. The average Bonchev–Trinajstić information content (AvgIpc) is 2.08. The van der Waals surface area contributed by atoms with Crippen LogP contribution in [0.15, 0.2) is 24.3 Å². The van der Waals surface area contributed by atoms with Crippen molar-refractivity contribution in [3.05, 3.63) is 24.3 Å². The van der Waals surface area contributed by atoms with Crippen LogP contribution in [-0.4, -0.2) is 5.97 Å². The molecule has 1 rings (SSSR count). The molecule has 3 nitrogen and oxygen atoms in total. The Bertz CT molecular complexity index is 349. The summed E-state index contributed by atoms with van der Waals surface area (Å²) in [4.78, 5) is 10.6. The molecule has 0 aromatic heterocycles. The normalized spacial score (nSPS) is 8.62. The Morgan fingerprint density at radius 2 is 2.00 bits per heavy atom. The van der Waals surface area contributed by atoms with Crippen LogP contribution in [0.25, 0.3) is 0 Å². The first-order chi connectivity index (χ1) is 6.24. The lowest BCUT2D eigenvalue weighted by atomic mass is 10.3. The van der Waals surface area contributed by atoms with Gasteiger partial charge in [0.05, 0.1) is 0 Å². The van der Waals surface area contributed by atoms with E-state index in [-0.39, 0.29) is 0 Å². The van der Waals surface area contributed by atoms with Crippen molar-refractivity contribution in [2.45, 2.75) is 6.92 Å². The van der Waals surface area contributed by atoms with Gasteiger partial charge >= 0.3 is 5.97 Å². The summed E-state index contributed by atoms with van der Waals surface area (Å²) in [6.45, 7) is 1.31. The molecule has 0 N–H and O–H groups in total. The van der Waals surface area contributed by atoms with Gasteiger partial charge in [-0.05, 0) is 12.1 Å². The molecule has 13 heavy (non-hydrogen) atoms. The number of ether oxygens (including phenoxy) is 2. The zero-order valence-corrected chi connectivity index (χ0v) is 7.11. The molecule has 0 heterocycles. The number of hydrogen-bond acceptors (Lipinski definition) is 3. The molecule has 0 fully saturated rings. The summed E-state index contributed by atoms with van der Waals surface area (Å²) in [7, 11) is 0. The Morgan fingerprint density at radius 1 is 1.38 bits per heavy atom. The number of hydrogen-bond donors (Lipinski definition) is 0. The highest BCUT2D eigenvalue weighted by Crippen LogP contribution is 2.25. The fraction of sp³-hybridized carbons (Fsp3) is 0.100. The maximum absolute atomic E-state index is 10.6. The van der Waals surface area contributed by atoms with Crippen molar-refractivity contribution in [2.24, 2.45) is 0 Å². The molecule has 0 radical (unpaired) electrons. The van der Waals surface area contributed by atoms with Crippen molar-refractivity contribution in [1.29, 1.82) is 0 Å². The van der Waals surface area contributed by atoms with E-state index in [1.165, 1.54) is 6.92 Å². The van der Waals surface area contributed by atoms with E-state index >= 15 is 0 Å². The van der Waals surface area contributed by atoms with Crippen LogP contribution in [0.4, 0.5) is 0 Å². The average molecular weight is 176 g/mol. The zero-order valence-electron chi connectivity index (χ0n) is 7.11. The number of carbonyl (C=O) groups is 1. The summed E-state index contributed by atoms with van der Waals surface area (Å²) in [5.41, 5.74) is 0. The van der Waals surface area contributed by atoms with Crippen LogP contribution in [0.1, 0.15) is 6.92 Å². The van der Waals surface area contributed by atoms with E-state index in [2.05, 4.69) is 0 Å². The molecule has 0 atom stereocenters. The summed E-state index contributed by atoms with van der Waals surface area (Å²) in [6, 6.07) is 6.69. The van der Waals surface area contributed by atoms with Gasteiger partial charge in [0.1, 0.15) is 6.11 Å². The molecular formula is C10H8O3. The predicted octanol–water partition coefficient (Wildman–Crippen LogP) is 1.58. The second kappa shape index (κ2) is 4.17. The first-order valence-corrected chi connectivity index (χ1v) is 3.64. The summed E-state index contributed by atoms with van der Waals surface area (Å²) < 4.78 is 9.63. The second-order valence-corrected chi connectivity index (χ2v) is 2.26. The molecule has 1 aromatic carbocycles. The summed E-state index contributed by atoms with van der Waals surface area (Å²) in [5.74, 6) is 0.279. The second-order valence-electron chi connectivity index (χ2n) is 2.26. The SMILES string of the molecule is C#COc1ccccc1OC(C)=O. The van der Waals surface area contributed by atoms with Gasteiger partial charge in [-0.2, -0.15) is 0 Å². The van der Waals surface area contributed by atoms with E-state index in [1.54, 1.807) is 24.3 Å². The molecule has 0 bridgehead atoms. The van der Waals surface area contributed by atoms with Gasteiger partial charge in [0.25, 0.3) is 0 Å². The molecule has 0 spiro atoms. The lowest BCUT2D eigenvalue weighted by molar-refractivity contribution is -0.131. The first-order valence-electron chi connectivity index (χ1n) is 3.64. The van der Waals surface area contributed by atoms with Crippen LogP contribution in [0.5, 0.6) is 11.5 Å². The molecule has 0 aliphatic carbocycles. The minimum atomic E-state index is -0.409. The maximum atomic E-state index is 10.6. The van der Waals surface area contributed by atoms with Crippen LogP contribution >= 0.6 is 0 Å². The van der Waals surface area contributed by atoms with Gasteiger partial charge in [-0.3, -0.25) is 4.79 Å². The highest BCUT2D eigenvalue weighted by molar-refractivity contribution is 5.70. The highest BCUT2D eigenvalue weighted by Gasteiger charge is 2.05. The third-order valence-electron chi connectivity index (χ3n) is 1.27. The Balaban J connectivity index is 2.92. The number of rotatable bonds is 2. The van der Waals surface area contributed by atoms with Crippen LogP contribution in [0.2, 0.25) is 0 Å². The van der Waals surface area contributed by atoms with E-state index in [0.29, 0.717) is 11.5 Å². The topological polar surface area (TPSA) is 35.5 Å². The van der Waals surface area contributed by atoms with Gasteiger partial charge < -0.3 is 9.47 Å². The Morgan fingerprint density at radius 3 is 2.54 bits per heavy atom. The van der Waals surface area contributed by atoms with E-state index in [0.717, 1.165) is 0 Å². The van der Waals surface area contributed by atoms with Crippen LogP contribution in [0.3, 0.4) is 0 Å². The summed E-state index contributed by atoms with van der Waals surface area (Å²) in [6.07, 6.45) is 6.95. The first kappa shape index (κ1) is 9.14. The lowest BCUT2D eigenvalue weighted by Crippen LogP contribution is -2.02. The molecular weight excluding hydrogens is 168 g/mol. The van der Waals surface area contributed by atoms with Crippen molar-refractivity contribution in [3.8, 4) is 24.0 Å². The lowest BCUT2D eigenvalue weighted by Gasteiger charge is -2.04. The van der Waals surface area contributed by atoms with Crippen LogP contribution in [0, 0.1) is 12.5 Å². The fourth-order valence-corrected chi connectivity index (χ4v) is 0.837. The molecule has 66 valence electrons. The summed E-state index contributed by atoms with van der Waals surface area (Å²) in [5, 5.41) is 0. The smallest absolute Gasteiger partial charge is 0.308 e. The number of esters is 1. The monoisotopic (exact) mass is 176 g/mol. The van der Waals surface area contributed by atoms with Crippen LogP contribution < -0.4 is 9.47 Å². The molecule has 1 aromatic rings. The van der Waals surface area contributed by atoms with Crippen molar-refractivity contribution in [1.82, 2.24) is 0 Å². The largest absolute Gasteiger partial charge is 0.423 e. The van der Waals surface area contributed by atoms with E-state index in [9.17, 15) is 4.79 Å². The molecule has 0 saturated heterocycles. The van der Waals surface area contributed by atoms with Gasteiger partial charge in [-0.25, -0.2) is 0 Å². The fourth-order valence-electron chi connectivity index (χ4n) is 0.837. The number of para-hydroxylation sites is 2. The van der Waals surface area contributed by atoms with Gasteiger partial charge in [0, 0.05) is 6.92 Å². The minimum Gasteiger partial charge on any atom is -0.423 e. The molecule has 0 unspecified atom stereocenters. The Kier molecular flexibility index (Phi) is 2.93. The quantitative estimate of drug-likeness (QED) is 0.390. The highest BCUT2D eigenvalue weighted by atomic mass is 16.6. The Labute approximate surface area is 76.3 Å². The molecule has 3 heteroatoms. The molecule has 0 aliphatic heterocycles. The molecule has 0 saturated carbocycles. The van der Waals surface area contributed by atoms with E-state index < -0.39 is 5.97 Å². The van der Waals surface area contributed by atoms with Crippen molar-refractivity contribution in [3.63, 3.8) is 0 Å². The van der Waals surface area contributed by atoms with Crippen molar-refractivity contribution in [2.75, 3.05) is 0 Å². The third-order valence-corrected chi connectivity index (χ3v) is 1.27. The van der Waals surface area contributed by atoms with Gasteiger partial charge in [0.2, 0.25) is 0 Å². The van der Waals surface area contributed by atoms with Crippen molar-refractivity contribution >= 4 is 5.97 Å². The molecule has 0 aliphatic rings. The third kappa shape index (κ3) is 2.53.